The Morgan fingerprint density at radius 3 is 2.24 bits per heavy atom. The zero-order valence-corrected chi connectivity index (χ0v) is 10.3. The molecule has 6 heteroatoms. The number of nitrogens with zero attached hydrogens (tertiary/aromatic N) is 4. The summed E-state index contributed by atoms with van der Waals surface area (Å²) in [6.07, 6.45) is 1.61. The third kappa shape index (κ3) is 1.51. The number of fused-ring (bicyclic) bond motifs is 1. The van der Waals surface area contributed by atoms with E-state index in [1.54, 1.807) is 17.8 Å². The molecule has 2 heterocycles. The Labute approximate surface area is 98.1 Å². The quantitative estimate of drug-likeness (QED) is 0.776. The lowest BCUT2D eigenvalue weighted by Crippen LogP contribution is -2.40. The minimum absolute atomic E-state index is 0.253. The Morgan fingerprint density at radius 1 is 1.06 bits per heavy atom. The van der Waals surface area contributed by atoms with Gasteiger partial charge in [0, 0.05) is 19.6 Å². The molecule has 0 aliphatic carbocycles. The molecule has 17 heavy (non-hydrogen) atoms. The first-order valence-electron chi connectivity index (χ1n) is 5.84. The molecule has 0 saturated carbocycles. The second-order valence-corrected chi connectivity index (χ2v) is 3.78. The molecule has 0 radical (unpaired) electrons. The molecule has 0 unspecified atom stereocenters. The number of hydrogen-bond acceptors (Lipinski definition) is 3. The summed E-state index contributed by atoms with van der Waals surface area (Å²) in [7, 11) is 0. The standard InChI is InChI=1S/C11H16N4O2/c1-4-13-7-12-9-8(13)10(16)15(6-3)11(17)14(9)5-2/h7H,4-6H2,1-3H3. The van der Waals surface area contributed by atoms with Crippen molar-refractivity contribution in [3.8, 4) is 0 Å². The third-order valence-corrected chi connectivity index (χ3v) is 2.96. The highest BCUT2D eigenvalue weighted by atomic mass is 16.2. The van der Waals surface area contributed by atoms with Crippen molar-refractivity contribution in [3.05, 3.63) is 27.2 Å². The van der Waals surface area contributed by atoms with E-state index < -0.39 is 0 Å². The topological polar surface area (TPSA) is 61.8 Å². The smallest absolute Gasteiger partial charge is 0.325 e. The van der Waals surface area contributed by atoms with E-state index in [2.05, 4.69) is 4.98 Å². The third-order valence-electron chi connectivity index (χ3n) is 2.96. The first-order valence-corrected chi connectivity index (χ1v) is 5.84. The molecule has 0 bridgehead atoms. The van der Waals surface area contributed by atoms with Crippen LogP contribution < -0.4 is 11.2 Å². The van der Waals surface area contributed by atoms with Gasteiger partial charge in [-0.25, -0.2) is 9.78 Å². The zero-order chi connectivity index (χ0) is 12.6. The second-order valence-electron chi connectivity index (χ2n) is 3.78. The molecule has 6 nitrogen and oxygen atoms in total. The lowest BCUT2D eigenvalue weighted by molar-refractivity contribution is 0.603. The van der Waals surface area contributed by atoms with Crippen molar-refractivity contribution in [2.75, 3.05) is 0 Å². The molecule has 0 aliphatic rings. The normalized spacial score (nSPS) is 11.2. The van der Waals surface area contributed by atoms with Gasteiger partial charge in [-0.3, -0.25) is 13.9 Å². The summed E-state index contributed by atoms with van der Waals surface area (Å²) in [5.41, 5.74) is 0.454. The fourth-order valence-electron chi connectivity index (χ4n) is 2.04. The molecule has 0 N–H and O–H groups in total. The summed E-state index contributed by atoms with van der Waals surface area (Å²) < 4.78 is 4.56. The first-order chi connectivity index (χ1) is 8.15. The van der Waals surface area contributed by atoms with Crippen LogP contribution in [0.25, 0.3) is 11.2 Å². The molecule has 0 aliphatic heterocycles. The van der Waals surface area contributed by atoms with Crippen molar-refractivity contribution in [1.29, 1.82) is 0 Å². The number of aromatic nitrogens is 4. The predicted molar refractivity (Wildman–Crippen MR) is 65.3 cm³/mol. The Morgan fingerprint density at radius 2 is 1.71 bits per heavy atom. The Kier molecular flexibility index (Phi) is 2.87. The average molecular weight is 236 g/mol. The van der Waals surface area contributed by atoms with Crippen LogP contribution in [-0.2, 0) is 19.6 Å². The molecule has 0 amide bonds. The Hall–Kier alpha value is -1.85. The number of rotatable bonds is 3. The van der Waals surface area contributed by atoms with Gasteiger partial charge < -0.3 is 4.57 Å². The van der Waals surface area contributed by atoms with Gasteiger partial charge in [-0.05, 0) is 20.8 Å². The van der Waals surface area contributed by atoms with Crippen LogP contribution in [0.1, 0.15) is 20.8 Å². The second kappa shape index (κ2) is 4.20. The van der Waals surface area contributed by atoms with Crippen molar-refractivity contribution < 1.29 is 0 Å². The largest absolute Gasteiger partial charge is 0.332 e. The Bertz CT molecular complexity index is 662. The fraction of sp³-hybridized carbons (Fsp3) is 0.545. The van der Waals surface area contributed by atoms with E-state index >= 15 is 0 Å². The van der Waals surface area contributed by atoms with Gasteiger partial charge in [0.2, 0.25) is 0 Å². The number of aryl methyl sites for hydroxylation is 2. The maximum Gasteiger partial charge on any atom is 0.332 e. The van der Waals surface area contributed by atoms with Crippen LogP contribution in [0.4, 0.5) is 0 Å². The molecular formula is C11H16N4O2. The molecule has 2 aromatic rings. The van der Waals surface area contributed by atoms with Crippen molar-refractivity contribution in [1.82, 2.24) is 18.7 Å². The summed E-state index contributed by atoms with van der Waals surface area (Å²) in [6, 6.07) is 0. The van der Waals surface area contributed by atoms with E-state index in [9.17, 15) is 9.59 Å². The molecule has 0 spiro atoms. The van der Waals surface area contributed by atoms with Crippen molar-refractivity contribution >= 4 is 11.2 Å². The van der Waals surface area contributed by atoms with Gasteiger partial charge >= 0.3 is 5.69 Å². The van der Waals surface area contributed by atoms with Gasteiger partial charge in [-0.1, -0.05) is 0 Å². The molecule has 92 valence electrons. The van der Waals surface area contributed by atoms with Crippen molar-refractivity contribution in [2.45, 2.75) is 40.4 Å². The Balaban J connectivity index is 3.04. The molecule has 0 saturated heterocycles. The summed E-state index contributed by atoms with van der Waals surface area (Å²) in [6.45, 7) is 7.16. The lowest BCUT2D eigenvalue weighted by Gasteiger charge is -2.08. The zero-order valence-electron chi connectivity index (χ0n) is 10.3. The molecular weight excluding hydrogens is 220 g/mol. The summed E-state index contributed by atoms with van der Waals surface area (Å²) >= 11 is 0. The van der Waals surface area contributed by atoms with Crippen LogP contribution in [0.15, 0.2) is 15.9 Å². The van der Waals surface area contributed by atoms with Crippen LogP contribution in [0.2, 0.25) is 0 Å². The van der Waals surface area contributed by atoms with Crippen LogP contribution >= 0.6 is 0 Å². The van der Waals surface area contributed by atoms with Gasteiger partial charge in [0.1, 0.15) is 0 Å². The molecule has 0 fully saturated rings. The van der Waals surface area contributed by atoms with Crippen LogP contribution in [0.3, 0.4) is 0 Å². The summed E-state index contributed by atoms with van der Waals surface area (Å²) in [4.78, 5) is 28.4. The van der Waals surface area contributed by atoms with Crippen molar-refractivity contribution in [2.24, 2.45) is 0 Å². The van der Waals surface area contributed by atoms with E-state index in [0.29, 0.717) is 30.8 Å². The van der Waals surface area contributed by atoms with E-state index in [-0.39, 0.29) is 11.2 Å². The van der Waals surface area contributed by atoms with Crippen LogP contribution in [0.5, 0.6) is 0 Å². The highest BCUT2D eigenvalue weighted by Gasteiger charge is 2.15. The minimum atomic E-state index is -0.283. The predicted octanol–water partition coefficient (Wildman–Crippen LogP) is 0.419. The van der Waals surface area contributed by atoms with Crippen LogP contribution in [0, 0.1) is 0 Å². The van der Waals surface area contributed by atoms with E-state index in [0.717, 1.165) is 0 Å². The van der Waals surface area contributed by atoms with Crippen molar-refractivity contribution in [3.63, 3.8) is 0 Å². The minimum Gasteiger partial charge on any atom is -0.325 e. The summed E-state index contributed by atoms with van der Waals surface area (Å²) in [5.74, 6) is 0. The SMILES string of the molecule is CCn1c(=O)c2c(ncn2CC)n(CC)c1=O. The number of hydrogen-bond donors (Lipinski definition) is 0. The number of imidazole rings is 1. The van der Waals surface area contributed by atoms with E-state index in [1.165, 1.54) is 9.13 Å². The average Bonchev–Trinajstić information content (AvgIpc) is 2.74. The lowest BCUT2D eigenvalue weighted by atomic mass is 10.4. The highest BCUT2D eigenvalue weighted by molar-refractivity contribution is 5.70. The van der Waals surface area contributed by atoms with Gasteiger partial charge in [0.25, 0.3) is 5.56 Å². The van der Waals surface area contributed by atoms with Gasteiger partial charge in [-0.2, -0.15) is 0 Å². The van der Waals surface area contributed by atoms with E-state index in [1.807, 2.05) is 13.8 Å². The van der Waals surface area contributed by atoms with Crippen LogP contribution in [-0.4, -0.2) is 18.7 Å². The monoisotopic (exact) mass is 236 g/mol. The molecule has 2 aromatic heterocycles. The molecule has 2 rings (SSSR count). The summed E-state index contributed by atoms with van der Waals surface area (Å²) in [5, 5.41) is 0. The first kappa shape index (κ1) is 11.6. The maximum atomic E-state index is 12.2. The van der Waals surface area contributed by atoms with Gasteiger partial charge in [-0.15, -0.1) is 0 Å². The maximum absolute atomic E-state index is 12.2. The van der Waals surface area contributed by atoms with Gasteiger partial charge in [0.05, 0.1) is 6.33 Å². The highest BCUT2D eigenvalue weighted by Crippen LogP contribution is 2.06. The fourth-order valence-corrected chi connectivity index (χ4v) is 2.04. The molecule has 0 atom stereocenters. The molecule has 0 aromatic carbocycles. The van der Waals surface area contributed by atoms with E-state index in [4.69, 9.17) is 0 Å². The van der Waals surface area contributed by atoms with Gasteiger partial charge in [0.15, 0.2) is 11.2 Å².